The molecule has 0 aliphatic heterocycles. The molecule has 0 aromatic rings. The molecule has 0 aliphatic carbocycles. The van der Waals surface area contributed by atoms with Crippen LogP contribution < -0.4 is 0 Å². The molecule has 1 atom stereocenters. The van der Waals surface area contributed by atoms with Crippen LogP contribution in [0.4, 0.5) is 0 Å². The molecule has 0 bridgehead atoms. The lowest BCUT2D eigenvalue weighted by molar-refractivity contribution is -0.0154. The van der Waals surface area contributed by atoms with E-state index in [0.717, 1.165) is 13.0 Å². The van der Waals surface area contributed by atoms with E-state index < -0.39 is 0 Å². The second-order valence-corrected chi connectivity index (χ2v) is 6.39. The Kier molecular flexibility index (Phi) is 19.8. The smallest absolute Gasteiger partial charge is 0.0704 e. The van der Waals surface area contributed by atoms with Gasteiger partial charge in [-0.25, -0.2) is 0 Å². The van der Waals surface area contributed by atoms with Gasteiger partial charge in [0.1, 0.15) is 0 Å². The molecule has 0 heterocycles. The molecule has 0 fully saturated rings. The number of hydrogen-bond acceptors (Lipinski definition) is 3. The monoisotopic (exact) mass is 330 g/mol. The van der Waals surface area contributed by atoms with Gasteiger partial charge in [0.05, 0.1) is 32.5 Å². The maximum Gasteiger partial charge on any atom is 0.0704 e. The molecule has 3 heteroatoms. The predicted octanol–water partition coefficient (Wildman–Crippen LogP) is 5.76. The van der Waals surface area contributed by atoms with Crippen molar-refractivity contribution in [2.75, 3.05) is 33.0 Å². The highest BCUT2D eigenvalue weighted by Gasteiger charge is 2.05. The first kappa shape index (κ1) is 22.9. The summed E-state index contributed by atoms with van der Waals surface area (Å²) >= 11 is 0. The summed E-state index contributed by atoms with van der Waals surface area (Å²) in [4.78, 5) is 0. The van der Waals surface area contributed by atoms with Crippen molar-refractivity contribution in [1.82, 2.24) is 0 Å². The molecule has 0 aromatic heterocycles. The van der Waals surface area contributed by atoms with Crippen LogP contribution in [0.1, 0.15) is 91.4 Å². The van der Waals surface area contributed by atoms with Crippen LogP contribution in [0, 0.1) is 0 Å². The van der Waals surface area contributed by atoms with Crippen LogP contribution >= 0.6 is 0 Å². The number of ether oxygens (including phenoxy) is 3. The first-order valence-corrected chi connectivity index (χ1v) is 10.1. The Morgan fingerprint density at radius 3 is 1.78 bits per heavy atom. The lowest BCUT2D eigenvalue weighted by atomic mass is 10.1. The molecule has 0 aliphatic rings. The van der Waals surface area contributed by atoms with Crippen LogP contribution in [0.25, 0.3) is 0 Å². The third-order valence-corrected chi connectivity index (χ3v) is 4.18. The van der Waals surface area contributed by atoms with Crippen LogP contribution in [0.2, 0.25) is 0 Å². The summed E-state index contributed by atoms with van der Waals surface area (Å²) in [5, 5.41) is 0. The van der Waals surface area contributed by atoms with Gasteiger partial charge in [0.2, 0.25) is 0 Å². The molecule has 0 saturated heterocycles. The standard InChI is InChI=1S/C20H42O3/c1-4-7-9-10-11-12-13-15-21-16-17-22-18-19-23-20(6-3)14-8-5-2/h20H,4-19H2,1-3H3. The van der Waals surface area contributed by atoms with Gasteiger partial charge in [-0.05, 0) is 19.3 Å². The van der Waals surface area contributed by atoms with E-state index in [4.69, 9.17) is 14.2 Å². The minimum absolute atomic E-state index is 0.409. The molecule has 0 spiro atoms. The summed E-state index contributed by atoms with van der Waals surface area (Å²) < 4.78 is 17.0. The highest BCUT2D eigenvalue weighted by Crippen LogP contribution is 2.08. The van der Waals surface area contributed by atoms with E-state index in [1.165, 1.54) is 64.2 Å². The molecule has 140 valence electrons. The highest BCUT2D eigenvalue weighted by atomic mass is 16.5. The largest absolute Gasteiger partial charge is 0.379 e. The molecule has 0 radical (unpaired) electrons. The third-order valence-electron chi connectivity index (χ3n) is 4.18. The summed E-state index contributed by atoms with van der Waals surface area (Å²) in [7, 11) is 0. The molecular formula is C20H42O3. The zero-order valence-electron chi connectivity index (χ0n) is 16.1. The fourth-order valence-electron chi connectivity index (χ4n) is 2.59. The Bertz CT molecular complexity index is 209. The molecule has 1 unspecified atom stereocenters. The van der Waals surface area contributed by atoms with Crippen molar-refractivity contribution < 1.29 is 14.2 Å². The van der Waals surface area contributed by atoms with E-state index in [9.17, 15) is 0 Å². The molecule has 0 saturated carbocycles. The van der Waals surface area contributed by atoms with Crippen LogP contribution in [0.3, 0.4) is 0 Å². The van der Waals surface area contributed by atoms with E-state index in [1.54, 1.807) is 0 Å². The quantitative estimate of drug-likeness (QED) is 0.282. The first-order chi connectivity index (χ1) is 11.3. The molecule has 0 aromatic carbocycles. The van der Waals surface area contributed by atoms with Crippen molar-refractivity contribution in [1.29, 1.82) is 0 Å². The lowest BCUT2D eigenvalue weighted by Gasteiger charge is -2.15. The Hall–Kier alpha value is -0.120. The predicted molar refractivity (Wildman–Crippen MR) is 99.2 cm³/mol. The summed E-state index contributed by atoms with van der Waals surface area (Å²) in [6.45, 7) is 10.3. The van der Waals surface area contributed by atoms with Crippen LogP contribution in [0.5, 0.6) is 0 Å². The fourth-order valence-corrected chi connectivity index (χ4v) is 2.59. The van der Waals surface area contributed by atoms with Gasteiger partial charge in [-0.3, -0.25) is 0 Å². The molecule has 23 heavy (non-hydrogen) atoms. The zero-order chi connectivity index (χ0) is 17.0. The molecule has 0 rings (SSSR count). The topological polar surface area (TPSA) is 27.7 Å². The molecule has 0 N–H and O–H groups in total. The van der Waals surface area contributed by atoms with Gasteiger partial charge in [0, 0.05) is 6.61 Å². The van der Waals surface area contributed by atoms with Crippen molar-refractivity contribution in [3.63, 3.8) is 0 Å². The van der Waals surface area contributed by atoms with Crippen molar-refractivity contribution in [2.45, 2.75) is 97.5 Å². The Balaban J connectivity index is 3.12. The average Bonchev–Trinajstić information content (AvgIpc) is 2.57. The van der Waals surface area contributed by atoms with E-state index in [2.05, 4.69) is 20.8 Å². The number of rotatable bonds is 19. The van der Waals surface area contributed by atoms with E-state index >= 15 is 0 Å². The van der Waals surface area contributed by atoms with Gasteiger partial charge in [-0.15, -0.1) is 0 Å². The van der Waals surface area contributed by atoms with Crippen LogP contribution in [0.15, 0.2) is 0 Å². The SMILES string of the molecule is CCCCCCCCCOCCOCCOC(CC)CCCC. The van der Waals surface area contributed by atoms with Gasteiger partial charge < -0.3 is 14.2 Å². The minimum Gasteiger partial charge on any atom is -0.379 e. The van der Waals surface area contributed by atoms with E-state index in [0.29, 0.717) is 32.5 Å². The van der Waals surface area contributed by atoms with Gasteiger partial charge >= 0.3 is 0 Å². The first-order valence-electron chi connectivity index (χ1n) is 10.1. The van der Waals surface area contributed by atoms with Gasteiger partial charge in [0.25, 0.3) is 0 Å². The van der Waals surface area contributed by atoms with Crippen molar-refractivity contribution in [2.24, 2.45) is 0 Å². The van der Waals surface area contributed by atoms with E-state index in [1.807, 2.05) is 0 Å². The summed E-state index contributed by atoms with van der Waals surface area (Å²) in [5.41, 5.74) is 0. The van der Waals surface area contributed by atoms with Crippen molar-refractivity contribution in [3.8, 4) is 0 Å². The Labute approximate surface area is 145 Å². The van der Waals surface area contributed by atoms with Crippen molar-refractivity contribution >= 4 is 0 Å². The molecular weight excluding hydrogens is 288 g/mol. The number of unbranched alkanes of at least 4 members (excludes halogenated alkanes) is 7. The molecule has 0 amide bonds. The summed E-state index contributed by atoms with van der Waals surface area (Å²) in [6, 6.07) is 0. The van der Waals surface area contributed by atoms with Gasteiger partial charge in [-0.2, -0.15) is 0 Å². The van der Waals surface area contributed by atoms with Crippen LogP contribution in [-0.4, -0.2) is 39.1 Å². The van der Waals surface area contributed by atoms with Crippen LogP contribution in [-0.2, 0) is 14.2 Å². The summed E-state index contributed by atoms with van der Waals surface area (Å²) in [5.74, 6) is 0. The van der Waals surface area contributed by atoms with Gasteiger partial charge in [0.15, 0.2) is 0 Å². The summed E-state index contributed by atoms with van der Waals surface area (Å²) in [6.07, 6.45) is 14.5. The van der Waals surface area contributed by atoms with E-state index in [-0.39, 0.29) is 0 Å². The second-order valence-electron chi connectivity index (χ2n) is 6.39. The fraction of sp³-hybridized carbons (Fsp3) is 1.00. The minimum atomic E-state index is 0.409. The third kappa shape index (κ3) is 18.1. The van der Waals surface area contributed by atoms with Gasteiger partial charge in [-0.1, -0.05) is 72.1 Å². The Morgan fingerprint density at radius 2 is 1.13 bits per heavy atom. The molecule has 3 nitrogen and oxygen atoms in total. The lowest BCUT2D eigenvalue weighted by Crippen LogP contribution is -2.16. The average molecular weight is 331 g/mol. The Morgan fingerprint density at radius 1 is 0.565 bits per heavy atom. The zero-order valence-corrected chi connectivity index (χ0v) is 16.1. The normalized spacial score (nSPS) is 12.7. The second kappa shape index (κ2) is 19.9. The number of hydrogen-bond donors (Lipinski definition) is 0. The highest BCUT2D eigenvalue weighted by molar-refractivity contribution is 4.55. The van der Waals surface area contributed by atoms with Crippen molar-refractivity contribution in [3.05, 3.63) is 0 Å². The maximum absolute atomic E-state index is 5.83. The maximum atomic E-state index is 5.83.